The molecule has 134 valence electrons. The smallest absolute Gasteiger partial charge is 0.326 e. The van der Waals surface area contributed by atoms with Gasteiger partial charge >= 0.3 is 6.03 Å². The van der Waals surface area contributed by atoms with Gasteiger partial charge in [-0.15, -0.1) is 0 Å². The monoisotopic (exact) mass is 353 g/mol. The van der Waals surface area contributed by atoms with E-state index in [2.05, 4.69) is 9.97 Å². The summed E-state index contributed by atoms with van der Waals surface area (Å²) >= 11 is 0. The minimum Gasteiger partial charge on any atom is -0.508 e. The molecule has 3 heterocycles. The number of likely N-dealkylation sites (N-methyl/N-ethyl adjacent to an activating group) is 1. The van der Waals surface area contributed by atoms with E-state index in [-0.39, 0.29) is 11.8 Å². The number of aromatic hydroxyl groups is 1. The molecular formula is C18H19N5O3. The Kier molecular flexibility index (Phi) is 3.95. The molecule has 1 aromatic carbocycles. The third-order valence-corrected chi connectivity index (χ3v) is 4.81. The molecule has 1 unspecified atom stereocenters. The molecule has 26 heavy (non-hydrogen) atoms. The molecule has 2 aromatic rings. The molecule has 1 N–H and O–H groups in total. The Morgan fingerprint density at radius 2 is 2.08 bits per heavy atom. The van der Waals surface area contributed by atoms with Crippen LogP contribution in [0.15, 0.2) is 30.5 Å². The maximum absolute atomic E-state index is 12.9. The molecule has 1 saturated heterocycles. The number of likely N-dealkylation sites (tertiary alicyclic amines) is 1. The van der Waals surface area contributed by atoms with Crippen LogP contribution in [0.5, 0.6) is 5.75 Å². The van der Waals surface area contributed by atoms with E-state index >= 15 is 0 Å². The third-order valence-electron chi connectivity index (χ3n) is 4.81. The summed E-state index contributed by atoms with van der Waals surface area (Å²) in [6, 6.07) is 6.45. The van der Waals surface area contributed by atoms with E-state index in [1.54, 1.807) is 47.3 Å². The van der Waals surface area contributed by atoms with Gasteiger partial charge < -0.3 is 14.9 Å². The van der Waals surface area contributed by atoms with Crippen LogP contribution in [0.4, 0.5) is 16.3 Å². The second-order valence-electron chi connectivity index (χ2n) is 6.46. The number of hydrogen-bond acceptors (Lipinski definition) is 6. The van der Waals surface area contributed by atoms with E-state index < -0.39 is 6.17 Å². The molecule has 8 nitrogen and oxygen atoms in total. The Hall–Kier alpha value is -3.16. The number of phenolic OH excluding ortho intramolecular Hbond substituents is 1. The Labute approximate surface area is 150 Å². The van der Waals surface area contributed by atoms with Gasteiger partial charge in [0.2, 0.25) is 0 Å². The van der Waals surface area contributed by atoms with Gasteiger partial charge in [0, 0.05) is 25.7 Å². The first-order chi connectivity index (χ1) is 12.6. The van der Waals surface area contributed by atoms with Crippen molar-refractivity contribution in [1.82, 2.24) is 14.9 Å². The molecule has 2 amide bonds. The Morgan fingerprint density at radius 1 is 1.31 bits per heavy atom. The number of aldehydes is 1. The van der Waals surface area contributed by atoms with Crippen LogP contribution in [-0.4, -0.2) is 58.6 Å². The van der Waals surface area contributed by atoms with Crippen molar-refractivity contribution < 1.29 is 14.7 Å². The number of aromatic nitrogens is 2. The Bertz CT molecular complexity index is 866. The van der Waals surface area contributed by atoms with Crippen molar-refractivity contribution in [3.63, 3.8) is 0 Å². The molecular weight excluding hydrogens is 334 g/mol. The molecule has 0 spiro atoms. The van der Waals surface area contributed by atoms with Gasteiger partial charge in [0.15, 0.2) is 24.1 Å². The van der Waals surface area contributed by atoms with Crippen molar-refractivity contribution in [2.75, 3.05) is 29.9 Å². The zero-order chi connectivity index (χ0) is 18.3. The Balaban J connectivity index is 1.74. The molecule has 4 rings (SSSR count). The summed E-state index contributed by atoms with van der Waals surface area (Å²) < 4.78 is 0. The number of amides is 2. The minimum atomic E-state index is -0.744. The fourth-order valence-corrected chi connectivity index (χ4v) is 3.45. The molecule has 2 aliphatic rings. The van der Waals surface area contributed by atoms with E-state index in [4.69, 9.17) is 0 Å². The van der Waals surface area contributed by atoms with Gasteiger partial charge in [-0.2, -0.15) is 0 Å². The van der Waals surface area contributed by atoms with E-state index in [1.807, 2.05) is 0 Å². The highest BCUT2D eigenvalue weighted by Gasteiger charge is 2.41. The van der Waals surface area contributed by atoms with Crippen LogP contribution < -0.4 is 9.80 Å². The predicted octanol–water partition coefficient (Wildman–Crippen LogP) is 1.85. The number of nitrogens with zero attached hydrogens (tertiary/aromatic N) is 5. The molecule has 0 aliphatic carbocycles. The van der Waals surface area contributed by atoms with Gasteiger partial charge in [-0.05, 0) is 25.0 Å². The molecule has 1 atom stereocenters. The number of carbonyl (C=O) groups excluding carboxylic acids is 2. The van der Waals surface area contributed by atoms with Gasteiger partial charge in [0.05, 0.1) is 6.20 Å². The lowest BCUT2D eigenvalue weighted by molar-refractivity contribution is -0.108. The first-order valence-corrected chi connectivity index (χ1v) is 8.53. The van der Waals surface area contributed by atoms with Crippen LogP contribution >= 0.6 is 0 Å². The molecule has 2 aliphatic heterocycles. The summed E-state index contributed by atoms with van der Waals surface area (Å²) in [6.07, 6.45) is 3.51. The highest BCUT2D eigenvalue weighted by molar-refractivity contribution is 6.03. The van der Waals surface area contributed by atoms with Gasteiger partial charge in [-0.3, -0.25) is 9.69 Å². The van der Waals surface area contributed by atoms with E-state index in [0.717, 1.165) is 19.1 Å². The standard InChI is InChI=1S/C18H19N5O3/c1-21-15(11-24)23(18(26)22-7-2-3-8-22)14-10-19-16(20-17(14)21)12-5-4-6-13(25)9-12/h4-6,9-11,15,25H,2-3,7-8H2,1H3. The fraction of sp³-hybridized carbons (Fsp3) is 0.333. The maximum Gasteiger partial charge on any atom is 0.326 e. The topological polar surface area (TPSA) is 89.9 Å². The molecule has 8 heteroatoms. The van der Waals surface area contributed by atoms with E-state index in [1.165, 1.54) is 4.90 Å². The maximum atomic E-state index is 12.9. The number of benzene rings is 1. The number of fused-ring (bicyclic) bond motifs is 1. The Morgan fingerprint density at radius 3 is 2.77 bits per heavy atom. The number of hydrogen-bond donors (Lipinski definition) is 1. The second-order valence-corrected chi connectivity index (χ2v) is 6.46. The van der Waals surface area contributed by atoms with Crippen molar-refractivity contribution >= 4 is 23.8 Å². The molecule has 1 fully saturated rings. The summed E-state index contributed by atoms with van der Waals surface area (Å²) in [5.74, 6) is 1.06. The quantitative estimate of drug-likeness (QED) is 0.829. The van der Waals surface area contributed by atoms with Crippen LogP contribution in [0.3, 0.4) is 0 Å². The lowest BCUT2D eigenvalue weighted by atomic mass is 10.2. The SMILES string of the molecule is CN1c2nc(-c3cccc(O)c3)ncc2N(C(=O)N2CCCC2)C1C=O. The van der Waals surface area contributed by atoms with Gasteiger partial charge in [-0.25, -0.2) is 14.8 Å². The van der Waals surface area contributed by atoms with Crippen LogP contribution in [0.25, 0.3) is 11.4 Å². The third kappa shape index (κ3) is 2.54. The van der Waals surface area contributed by atoms with Gasteiger partial charge in [0.1, 0.15) is 11.4 Å². The zero-order valence-corrected chi connectivity index (χ0v) is 14.4. The summed E-state index contributed by atoms with van der Waals surface area (Å²) in [6.45, 7) is 1.39. The van der Waals surface area contributed by atoms with Crippen LogP contribution in [0.1, 0.15) is 12.8 Å². The molecule has 0 bridgehead atoms. The number of carbonyl (C=O) groups is 2. The van der Waals surface area contributed by atoms with Crippen molar-refractivity contribution in [3.8, 4) is 17.1 Å². The average molecular weight is 353 g/mol. The molecule has 1 aromatic heterocycles. The lowest BCUT2D eigenvalue weighted by Gasteiger charge is -2.28. The summed E-state index contributed by atoms with van der Waals surface area (Å²) in [4.78, 5) is 38.3. The number of anilines is 2. The normalized spacial score (nSPS) is 19.0. The van der Waals surface area contributed by atoms with Crippen LogP contribution in [0.2, 0.25) is 0 Å². The van der Waals surface area contributed by atoms with E-state index in [9.17, 15) is 14.7 Å². The number of rotatable bonds is 2. The first kappa shape index (κ1) is 16.3. The van der Waals surface area contributed by atoms with Gasteiger partial charge in [0.25, 0.3) is 0 Å². The number of phenols is 1. The average Bonchev–Trinajstić information content (AvgIpc) is 3.28. The lowest BCUT2D eigenvalue weighted by Crippen LogP contribution is -2.50. The van der Waals surface area contributed by atoms with Crippen molar-refractivity contribution in [3.05, 3.63) is 30.5 Å². The summed E-state index contributed by atoms with van der Waals surface area (Å²) in [5.41, 5.74) is 1.18. The highest BCUT2D eigenvalue weighted by atomic mass is 16.3. The minimum absolute atomic E-state index is 0.122. The summed E-state index contributed by atoms with van der Waals surface area (Å²) in [7, 11) is 1.73. The summed E-state index contributed by atoms with van der Waals surface area (Å²) in [5, 5.41) is 9.67. The predicted molar refractivity (Wildman–Crippen MR) is 96.1 cm³/mol. The molecule has 0 radical (unpaired) electrons. The van der Waals surface area contributed by atoms with Crippen LogP contribution in [0, 0.1) is 0 Å². The first-order valence-electron chi connectivity index (χ1n) is 8.53. The van der Waals surface area contributed by atoms with Gasteiger partial charge in [-0.1, -0.05) is 12.1 Å². The molecule has 0 saturated carbocycles. The number of urea groups is 1. The zero-order valence-electron chi connectivity index (χ0n) is 14.4. The van der Waals surface area contributed by atoms with Crippen molar-refractivity contribution in [1.29, 1.82) is 0 Å². The van der Waals surface area contributed by atoms with Crippen molar-refractivity contribution in [2.45, 2.75) is 19.0 Å². The largest absolute Gasteiger partial charge is 0.508 e. The van der Waals surface area contributed by atoms with E-state index in [0.29, 0.717) is 36.0 Å². The van der Waals surface area contributed by atoms with Crippen molar-refractivity contribution in [2.24, 2.45) is 0 Å². The fourth-order valence-electron chi connectivity index (χ4n) is 3.45. The second kappa shape index (κ2) is 6.29. The van der Waals surface area contributed by atoms with Crippen LogP contribution in [-0.2, 0) is 4.79 Å². The highest BCUT2D eigenvalue weighted by Crippen LogP contribution is 2.38.